The van der Waals surface area contributed by atoms with E-state index in [9.17, 15) is 13.2 Å². The fourth-order valence-electron chi connectivity index (χ4n) is 2.78. The predicted octanol–water partition coefficient (Wildman–Crippen LogP) is 4.32. The topological polar surface area (TPSA) is 75.3 Å². The number of hydrogen-bond acceptors (Lipinski definition) is 3. The highest BCUT2D eigenvalue weighted by atomic mass is 79.9. The minimum atomic E-state index is -3.49. The van der Waals surface area contributed by atoms with Gasteiger partial charge in [0, 0.05) is 22.6 Å². The number of aryl methyl sites for hydroxylation is 3. The molecule has 0 spiro atoms. The molecule has 0 atom stereocenters. The molecular formula is C20H25BrN2O3S. The number of nitrogens with one attached hydrogen (secondary N) is 2. The Hall–Kier alpha value is -1.70. The fourth-order valence-corrected chi connectivity index (χ4v) is 4.72. The van der Waals surface area contributed by atoms with Crippen LogP contribution in [-0.4, -0.2) is 20.4 Å². The van der Waals surface area contributed by atoms with Gasteiger partial charge in [0.2, 0.25) is 15.9 Å². The molecule has 0 aromatic heterocycles. The standard InChI is InChI=1S/C20H25BrN2O3S/c1-13(2)23-27(25,26)18-8-5-16(6-9-18)7-10-19(24)22-20-14(3)11-17(21)12-15(20)4/h5-6,8-9,11-13,23H,7,10H2,1-4H3,(H,22,24). The van der Waals surface area contributed by atoms with Crippen molar-refractivity contribution in [3.63, 3.8) is 0 Å². The maximum absolute atomic E-state index is 12.3. The van der Waals surface area contributed by atoms with Crippen molar-refractivity contribution in [2.75, 3.05) is 5.32 Å². The Bertz CT molecular complexity index is 900. The summed E-state index contributed by atoms with van der Waals surface area (Å²) in [6.45, 7) is 7.47. The van der Waals surface area contributed by atoms with Gasteiger partial charge in [-0.05, 0) is 75.1 Å². The van der Waals surface area contributed by atoms with Gasteiger partial charge < -0.3 is 5.32 Å². The molecule has 0 bridgehead atoms. The lowest BCUT2D eigenvalue weighted by molar-refractivity contribution is -0.116. The van der Waals surface area contributed by atoms with Crippen LogP contribution in [0.4, 0.5) is 5.69 Å². The minimum Gasteiger partial charge on any atom is -0.326 e. The van der Waals surface area contributed by atoms with Crippen molar-refractivity contribution in [3.05, 3.63) is 57.6 Å². The van der Waals surface area contributed by atoms with E-state index in [2.05, 4.69) is 26.0 Å². The van der Waals surface area contributed by atoms with Gasteiger partial charge in [0.1, 0.15) is 0 Å². The third-order valence-corrected chi connectivity index (χ3v) is 6.16. The van der Waals surface area contributed by atoms with Crippen molar-refractivity contribution >= 4 is 37.5 Å². The van der Waals surface area contributed by atoms with Gasteiger partial charge in [-0.25, -0.2) is 13.1 Å². The van der Waals surface area contributed by atoms with E-state index in [1.54, 1.807) is 38.1 Å². The van der Waals surface area contributed by atoms with Crippen LogP contribution in [0.5, 0.6) is 0 Å². The molecule has 2 N–H and O–H groups in total. The summed E-state index contributed by atoms with van der Waals surface area (Å²) in [7, 11) is -3.49. The van der Waals surface area contributed by atoms with Crippen molar-refractivity contribution in [1.29, 1.82) is 0 Å². The quantitative estimate of drug-likeness (QED) is 0.656. The average molecular weight is 453 g/mol. The average Bonchev–Trinajstić information content (AvgIpc) is 2.55. The molecular weight excluding hydrogens is 428 g/mol. The van der Waals surface area contributed by atoms with Gasteiger partial charge in [-0.1, -0.05) is 28.1 Å². The van der Waals surface area contributed by atoms with E-state index in [1.807, 2.05) is 26.0 Å². The van der Waals surface area contributed by atoms with Crippen LogP contribution in [0.2, 0.25) is 0 Å². The van der Waals surface area contributed by atoms with Crippen LogP contribution in [-0.2, 0) is 21.2 Å². The number of carbonyl (C=O) groups is 1. The lowest BCUT2D eigenvalue weighted by atomic mass is 10.1. The highest BCUT2D eigenvalue weighted by Gasteiger charge is 2.15. The van der Waals surface area contributed by atoms with Gasteiger partial charge >= 0.3 is 0 Å². The zero-order valence-corrected chi connectivity index (χ0v) is 18.4. The highest BCUT2D eigenvalue weighted by Crippen LogP contribution is 2.25. The first kappa shape index (κ1) is 21.6. The van der Waals surface area contributed by atoms with E-state index in [-0.39, 0.29) is 16.8 Å². The van der Waals surface area contributed by atoms with E-state index in [0.717, 1.165) is 26.9 Å². The van der Waals surface area contributed by atoms with Crippen LogP contribution >= 0.6 is 15.9 Å². The Balaban J connectivity index is 1.98. The van der Waals surface area contributed by atoms with Crippen LogP contribution in [0.1, 0.15) is 37.0 Å². The molecule has 0 saturated carbocycles. The third-order valence-electron chi connectivity index (χ3n) is 4.03. The predicted molar refractivity (Wildman–Crippen MR) is 112 cm³/mol. The normalized spacial score (nSPS) is 11.6. The smallest absolute Gasteiger partial charge is 0.240 e. The molecule has 0 aliphatic carbocycles. The summed E-state index contributed by atoms with van der Waals surface area (Å²) in [6, 6.07) is 10.4. The second-order valence-electron chi connectivity index (χ2n) is 6.88. The van der Waals surface area contributed by atoms with Crippen LogP contribution in [0.3, 0.4) is 0 Å². The molecule has 0 aliphatic rings. The summed E-state index contributed by atoms with van der Waals surface area (Å²) in [6.07, 6.45) is 0.865. The summed E-state index contributed by atoms with van der Waals surface area (Å²) in [4.78, 5) is 12.5. The Labute approximate surface area is 169 Å². The molecule has 0 radical (unpaired) electrons. The minimum absolute atomic E-state index is 0.0679. The second kappa shape index (κ2) is 8.99. The van der Waals surface area contributed by atoms with Gasteiger partial charge in [0.25, 0.3) is 0 Å². The van der Waals surface area contributed by atoms with Crippen molar-refractivity contribution in [2.45, 2.75) is 51.5 Å². The summed E-state index contributed by atoms with van der Waals surface area (Å²) in [5, 5.41) is 2.97. The Morgan fingerprint density at radius 1 is 1.07 bits per heavy atom. The summed E-state index contributed by atoms with van der Waals surface area (Å²) in [5.41, 5.74) is 3.76. The Kier molecular flexibility index (Phi) is 7.19. The largest absolute Gasteiger partial charge is 0.326 e. The molecule has 27 heavy (non-hydrogen) atoms. The molecule has 0 aliphatic heterocycles. The maximum Gasteiger partial charge on any atom is 0.240 e. The lowest BCUT2D eigenvalue weighted by Crippen LogP contribution is -2.30. The number of hydrogen-bond donors (Lipinski definition) is 2. The van der Waals surface area contributed by atoms with Gasteiger partial charge in [-0.3, -0.25) is 4.79 Å². The molecule has 1 amide bonds. The van der Waals surface area contributed by atoms with Crippen LogP contribution in [0.15, 0.2) is 45.8 Å². The number of benzene rings is 2. The van der Waals surface area contributed by atoms with Gasteiger partial charge in [0.15, 0.2) is 0 Å². The Morgan fingerprint density at radius 3 is 2.15 bits per heavy atom. The van der Waals surface area contributed by atoms with Crippen LogP contribution in [0, 0.1) is 13.8 Å². The van der Waals surface area contributed by atoms with E-state index in [4.69, 9.17) is 0 Å². The molecule has 146 valence electrons. The number of sulfonamides is 1. The SMILES string of the molecule is Cc1cc(Br)cc(C)c1NC(=O)CCc1ccc(S(=O)(=O)NC(C)C)cc1. The number of carbonyl (C=O) groups excluding carboxylic acids is 1. The van der Waals surface area contributed by atoms with Crippen molar-refractivity contribution < 1.29 is 13.2 Å². The third kappa shape index (κ3) is 6.16. The van der Waals surface area contributed by atoms with Gasteiger partial charge in [0.05, 0.1) is 4.90 Å². The first-order valence-corrected chi connectivity index (χ1v) is 11.0. The molecule has 2 aromatic rings. The molecule has 0 unspecified atom stereocenters. The molecule has 2 aromatic carbocycles. The number of rotatable bonds is 7. The number of halogens is 1. The monoisotopic (exact) mass is 452 g/mol. The second-order valence-corrected chi connectivity index (χ2v) is 9.51. The van der Waals surface area contributed by atoms with Crippen molar-refractivity contribution in [2.24, 2.45) is 0 Å². The summed E-state index contributed by atoms with van der Waals surface area (Å²) >= 11 is 3.45. The summed E-state index contributed by atoms with van der Waals surface area (Å²) < 4.78 is 27.8. The Morgan fingerprint density at radius 2 is 1.63 bits per heavy atom. The van der Waals surface area contributed by atoms with Gasteiger partial charge in [-0.2, -0.15) is 0 Å². The van der Waals surface area contributed by atoms with Crippen molar-refractivity contribution in [3.8, 4) is 0 Å². The zero-order chi connectivity index (χ0) is 20.2. The number of amides is 1. The van der Waals surface area contributed by atoms with E-state index in [0.29, 0.717) is 12.8 Å². The first-order valence-electron chi connectivity index (χ1n) is 8.76. The lowest BCUT2D eigenvalue weighted by Gasteiger charge is -2.13. The molecule has 0 saturated heterocycles. The van der Waals surface area contributed by atoms with Crippen LogP contribution in [0.25, 0.3) is 0 Å². The summed E-state index contributed by atoms with van der Waals surface area (Å²) in [5.74, 6) is -0.0679. The van der Waals surface area contributed by atoms with E-state index in [1.165, 1.54) is 0 Å². The molecule has 7 heteroatoms. The van der Waals surface area contributed by atoms with Crippen molar-refractivity contribution in [1.82, 2.24) is 4.72 Å². The molecule has 0 heterocycles. The number of anilines is 1. The molecule has 2 rings (SSSR count). The highest BCUT2D eigenvalue weighted by molar-refractivity contribution is 9.10. The molecule has 5 nitrogen and oxygen atoms in total. The van der Waals surface area contributed by atoms with Gasteiger partial charge in [-0.15, -0.1) is 0 Å². The van der Waals surface area contributed by atoms with E-state index >= 15 is 0 Å². The molecule has 0 fully saturated rings. The zero-order valence-electron chi connectivity index (χ0n) is 16.0. The first-order chi connectivity index (χ1) is 12.6. The van der Waals surface area contributed by atoms with Crippen LogP contribution < -0.4 is 10.0 Å². The maximum atomic E-state index is 12.3. The van der Waals surface area contributed by atoms with E-state index < -0.39 is 10.0 Å². The fraction of sp³-hybridized carbons (Fsp3) is 0.350.